The van der Waals surface area contributed by atoms with Crippen LogP contribution in [0.15, 0.2) is 28.7 Å². The van der Waals surface area contributed by atoms with Crippen LogP contribution in [0.25, 0.3) is 11.0 Å². The largest absolute Gasteiger partial charge is 0.450 e. The summed E-state index contributed by atoms with van der Waals surface area (Å²) < 4.78 is 10.7. The van der Waals surface area contributed by atoms with E-state index in [2.05, 4.69) is 0 Å². The number of benzene rings is 1. The van der Waals surface area contributed by atoms with E-state index in [-0.39, 0.29) is 18.3 Å². The van der Waals surface area contributed by atoms with Gasteiger partial charge in [0.25, 0.3) is 5.91 Å². The number of furan rings is 1. The van der Waals surface area contributed by atoms with E-state index < -0.39 is 5.97 Å². The summed E-state index contributed by atoms with van der Waals surface area (Å²) >= 11 is 0. The molecule has 1 aromatic heterocycles. The first-order valence-electron chi connectivity index (χ1n) is 7.60. The molecule has 1 saturated heterocycles. The van der Waals surface area contributed by atoms with E-state index in [0.29, 0.717) is 5.58 Å². The van der Waals surface area contributed by atoms with Crippen molar-refractivity contribution in [1.29, 1.82) is 0 Å². The summed E-state index contributed by atoms with van der Waals surface area (Å²) in [5.41, 5.74) is 1.39. The molecular weight excluding hydrogens is 282 g/mol. The summed E-state index contributed by atoms with van der Waals surface area (Å²) in [6, 6.07) is 7.43. The predicted molar refractivity (Wildman–Crippen MR) is 81.7 cm³/mol. The molecule has 1 aliphatic rings. The Morgan fingerprint density at radius 2 is 1.91 bits per heavy atom. The number of hydrogen-bond acceptors (Lipinski definition) is 4. The molecule has 0 saturated carbocycles. The molecule has 1 fully saturated rings. The Morgan fingerprint density at radius 3 is 2.64 bits per heavy atom. The zero-order valence-corrected chi connectivity index (χ0v) is 12.6. The van der Waals surface area contributed by atoms with E-state index in [1.807, 2.05) is 25.1 Å². The second kappa shape index (κ2) is 6.22. The summed E-state index contributed by atoms with van der Waals surface area (Å²) in [6.45, 7) is 3.09. The van der Waals surface area contributed by atoms with Gasteiger partial charge in [0, 0.05) is 24.0 Å². The van der Waals surface area contributed by atoms with Crippen LogP contribution in [0, 0.1) is 6.92 Å². The average Bonchev–Trinajstić information content (AvgIpc) is 2.90. The monoisotopic (exact) mass is 301 g/mol. The molecule has 1 amide bonds. The van der Waals surface area contributed by atoms with Crippen LogP contribution < -0.4 is 0 Å². The fourth-order valence-corrected chi connectivity index (χ4v) is 2.80. The average molecular weight is 301 g/mol. The molecule has 22 heavy (non-hydrogen) atoms. The van der Waals surface area contributed by atoms with Crippen molar-refractivity contribution in [2.24, 2.45) is 0 Å². The van der Waals surface area contributed by atoms with Crippen molar-refractivity contribution < 1.29 is 18.7 Å². The zero-order chi connectivity index (χ0) is 15.5. The van der Waals surface area contributed by atoms with Gasteiger partial charge in [0.1, 0.15) is 5.58 Å². The molecule has 0 atom stereocenters. The molecule has 0 aliphatic carbocycles. The minimum absolute atomic E-state index is 0.137. The predicted octanol–water partition coefficient (Wildman–Crippen LogP) is 2.91. The highest BCUT2D eigenvalue weighted by Gasteiger charge is 2.22. The number of esters is 1. The van der Waals surface area contributed by atoms with E-state index in [0.717, 1.165) is 43.3 Å². The van der Waals surface area contributed by atoms with Gasteiger partial charge in [0.15, 0.2) is 6.61 Å². The lowest BCUT2D eigenvalue weighted by Crippen LogP contribution is -2.38. The summed E-state index contributed by atoms with van der Waals surface area (Å²) in [7, 11) is 0. The molecule has 5 heteroatoms. The summed E-state index contributed by atoms with van der Waals surface area (Å²) in [4.78, 5) is 25.9. The highest BCUT2D eigenvalue weighted by Crippen LogP contribution is 2.25. The number of piperidine rings is 1. The Hall–Kier alpha value is -2.30. The molecule has 1 aliphatic heterocycles. The molecule has 3 rings (SSSR count). The normalized spacial score (nSPS) is 15.0. The van der Waals surface area contributed by atoms with Crippen molar-refractivity contribution in [3.05, 3.63) is 35.6 Å². The Bertz CT molecular complexity index is 698. The SMILES string of the molecule is Cc1c(C(=O)OCC(=O)N2CCCCC2)oc2ccccc12. The molecule has 0 unspecified atom stereocenters. The molecule has 0 spiro atoms. The number of hydrogen-bond donors (Lipinski definition) is 0. The number of nitrogens with zero attached hydrogens (tertiary/aromatic N) is 1. The molecule has 0 radical (unpaired) electrons. The standard InChI is InChI=1S/C17H19NO4/c1-12-13-7-3-4-8-14(13)22-16(12)17(20)21-11-15(19)18-9-5-2-6-10-18/h3-4,7-8H,2,5-6,9-11H2,1H3. The molecule has 2 aromatic rings. The van der Waals surface area contributed by atoms with Crippen molar-refractivity contribution in [1.82, 2.24) is 4.90 Å². The van der Waals surface area contributed by atoms with Crippen LogP contribution in [0.5, 0.6) is 0 Å². The Balaban J connectivity index is 1.66. The summed E-state index contributed by atoms with van der Waals surface area (Å²) in [5.74, 6) is -0.548. The number of rotatable bonds is 3. The van der Waals surface area contributed by atoms with E-state index in [1.54, 1.807) is 11.0 Å². The molecule has 116 valence electrons. The smallest absolute Gasteiger partial charge is 0.375 e. The summed E-state index contributed by atoms with van der Waals surface area (Å²) in [6.07, 6.45) is 3.19. The fourth-order valence-electron chi connectivity index (χ4n) is 2.80. The minimum atomic E-state index is -0.584. The van der Waals surface area contributed by atoms with Crippen molar-refractivity contribution in [2.45, 2.75) is 26.2 Å². The van der Waals surface area contributed by atoms with Gasteiger partial charge in [-0.1, -0.05) is 18.2 Å². The van der Waals surface area contributed by atoms with Crippen LogP contribution >= 0.6 is 0 Å². The van der Waals surface area contributed by atoms with Crippen LogP contribution in [0.4, 0.5) is 0 Å². The van der Waals surface area contributed by atoms with Crippen molar-refractivity contribution in [3.8, 4) is 0 Å². The van der Waals surface area contributed by atoms with E-state index in [9.17, 15) is 9.59 Å². The number of likely N-dealkylation sites (tertiary alicyclic amines) is 1. The van der Waals surface area contributed by atoms with Gasteiger partial charge < -0.3 is 14.1 Å². The third-order valence-electron chi connectivity index (χ3n) is 4.06. The third kappa shape index (κ3) is 2.84. The number of aryl methyl sites for hydroxylation is 1. The number of para-hydroxylation sites is 1. The van der Waals surface area contributed by atoms with Gasteiger partial charge in [0.05, 0.1) is 0 Å². The highest BCUT2D eigenvalue weighted by atomic mass is 16.5. The number of carbonyl (C=O) groups is 2. The second-order valence-electron chi connectivity index (χ2n) is 5.57. The lowest BCUT2D eigenvalue weighted by molar-refractivity contribution is -0.135. The number of fused-ring (bicyclic) bond motifs is 1. The molecule has 2 heterocycles. The third-order valence-corrected chi connectivity index (χ3v) is 4.06. The van der Waals surface area contributed by atoms with Crippen molar-refractivity contribution in [3.63, 3.8) is 0 Å². The first kappa shape index (κ1) is 14.6. The van der Waals surface area contributed by atoms with Gasteiger partial charge in [-0.2, -0.15) is 0 Å². The van der Waals surface area contributed by atoms with E-state index >= 15 is 0 Å². The Kier molecular flexibility index (Phi) is 4.13. The number of ether oxygens (including phenoxy) is 1. The minimum Gasteiger partial charge on any atom is -0.450 e. The quantitative estimate of drug-likeness (QED) is 0.818. The van der Waals surface area contributed by atoms with Gasteiger partial charge >= 0.3 is 5.97 Å². The van der Waals surface area contributed by atoms with Crippen LogP contribution in [0.2, 0.25) is 0 Å². The van der Waals surface area contributed by atoms with Gasteiger partial charge in [-0.05, 0) is 32.3 Å². The molecule has 0 N–H and O–H groups in total. The maximum absolute atomic E-state index is 12.1. The first-order chi connectivity index (χ1) is 10.7. The lowest BCUT2D eigenvalue weighted by Gasteiger charge is -2.26. The van der Waals surface area contributed by atoms with Gasteiger partial charge in [-0.3, -0.25) is 4.79 Å². The number of carbonyl (C=O) groups excluding carboxylic acids is 2. The number of amides is 1. The Labute approximate surface area is 128 Å². The molecular formula is C17H19NO4. The van der Waals surface area contributed by atoms with Gasteiger partial charge in [0.2, 0.25) is 5.76 Å². The highest BCUT2D eigenvalue weighted by molar-refractivity contribution is 5.96. The van der Waals surface area contributed by atoms with Gasteiger partial charge in [-0.15, -0.1) is 0 Å². The fraction of sp³-hybridized carbons (Fsp3) is 0.412. The molecule has 1 aromatic carbocycles. The van der Waals surface area contributed by atoms with Crippen molar-refractivity contribution in [2.75, 3.05) is 19.7 Å². The second-order valence-corrected chi connectivity index (χ2v) is 5.57. The zero-order valence-electron chi connectivity index (χ0n) is 12.6. The van der Waals surface area contributed by atoms with Crippen LogP contribution in [0.3, 0.4) is 0 Å². The summed E-state index contributed by atoms with van der Waals surface area (Å²) in [5, 5.41) is 0.886. The Morgan fingerprint density at radius 1 is 1.18 bits per heavy atom. The maximum atomic E-state index is 12.1. The van der Waals surface area contributed by atoms with Crippen molar-refractivity contribution >= 4 is 22.8 Å². The maximum Gasteiger partial charge on any atom is 0.375 e. The molecule has 5 nitrogen and oxygen atoms in total. The van der Waals surface area contributed by atoms with Gasteiger partial charge in [-0.25, -0.2) is 4.79 Å². The van der Waals surface area contributed by atoms with E-state index in [1.165, 1.54) is 0 Å². The first-order valence-corrected chi connectivity index (χ1v) is 7.60. The van der Waals surface area contributed by atoms with Crippen LogP contribution in [-0.4, -0.2) is 36.5 Å². The van der Waals surface area contributed by atoms with Crippen LogP contribution in [-0.2, 0) is 9.53 Å². The van der Waals surface area contributed by atoms with E-state index in [4.69, 9.17) is 9.15 Å². The van der Waals surface area contributed by atoms with Crippen LogP contribution in [0.1, 0.15) is 35.4 Å². The lowest BCUT2D eigenvalue weighted by atomic mass is 10.1. The topological polar surface area (TPSA) is 59.8 Å². The molecule has 0 bridgehead atoms.